The van der Waals surface area contributed by atoms with Crippen LogP contribution in [0.25, 0.3) is 0 Å². The summed E-state index contributed by atoms with van der Waals surface area (Å²) in [6, 6.07) is 0. The number of hydrogen-bond donors (Lipinski definition) is 1. The third kappa shape index (κ3) is 2.58. The standard InChI is InChI=1S/C10H11F5O2/c1-9(2)4(6(9)8(16)17)3-5(7(11)12)10(13,14)15/h3-4,6-7H,1-2H3,(H,16,17)/b5-3-. The van der Waals surface area contributed by atoms with E-state index in [9.17, 15) is 26.7 Å². The third-order valence-electron chi connectivity index (χ3n) is 3.10. The normalized spacial score (nSPS) is 28.4. The molecule has 0 amide bonds. The number of carboxylic acids is 1. The molecule has 17 heavy (non-hydrogen) atoms. The zero-order chi connectivity index (χ0) is 13.6. The van der Waals surface area contributed by atoms with Gasteiger partial charge in [-0.05, 0) is 11.3 Å². The average molecular weight is 258 g/mol. The number of allylic oxidation sites excluding steroid dienone is 2. The van der Waals surface area contributed by atoms with Gasteiger partial charge in [-0.25, -0.2) is 8.78 Å². The molecule has 2 unspecified atom stereocenters. The van der Waals surface area contributed by atoms with Crippen molar-refractivity contribution in [2.24, 2.45) is 17.3 Å². The topological polar surface area (TPSA) is 37.3 Å². The molecule has 0 heterocycles. The molecule has 1 saturated carbocycles. The summed E-state index contributed by atoms with van der Waals surface area (Å²) in [6.45, 7) is 2.87. The molecule has 1 aliphatic rings. The molecule has 1 fully saturated rings. The van der Waals surface area contributed by atoms with Crippen LogP contribution in [0.5, 0.6) is 0 Å². The molecule has 0 aromatic rings. The zero-order valence-electron chi connectivity index (χ0n) is 9.05. The van der Waals surface area contributed by atoms with Crippen LogP contribution >= 0.6 is 0 Å². The lowest BCUT2D eigenvalue weighted by atomic mass is 10.1. The fraction of sp³-hybridized carbons (Fsp3) is 0.700. The fourth-order valence-corrected chi connectivity index (χ4v) is 1.94. The highest BCUT2D eigenvalue weighted by Crippen LogP contribution is 2.60. The molecular weight excluding hydrogens is 247 g/mol. The van der Waals surface area contributed by atoms with E-state index in [0.717, 1.165) is 0 Å². The van der Waals surface area contributed by atoms with E-state index in [-0.39, 0.29) is 0 Å². The van der Waals surface area contributed by atoms with Crippen LogP contribution < -0.4 is 0 Å². The third-order valence-corrected chi connectivity index (χ3v) is 3.10. The molecule has 0 saturated heterocycles. The van der Waals surface area contributed by atoms with Crippen molar-refractivity contribution in [2.75, 3.05) is 0 Å². The molecule has 0 bridgehead atoms. The van der Waals surface area contributed by atoms with Crippen molar-refractivity contribution in [2.45, 2.75) is 26.4 Å². The van der Waals surface area contributed by atoms with E-state index in [1.807, 2.05) is 0 Å². The fourth-order valence-electron chi connectivity index (χ4n) is 1.94. The molecule has 98 valence electrons. The number of rotatable bonds is 3. The number of hydrogen-bond acceptors (Lipinski definition) is 1. The molecule has 0 radical (unpaired) electrons. The van der Waals surface area contributed by atoms with Crippen LogP contribution in [0.3, 0.4) is 0 Å². The lowest BCUT2D eigenvalue weighted by Gasteiger charge is -2.10. The summed E-state index contributed by atoms with van der Waals surface area (Å²) >= 11 is 0. The van der Waals surface area contributed by atoms with Crippen molar-refractivity contribution in [3.8, 4) is 0 Å². The van der Waals surface area contributed by atoms with E-state index < -0.39 is 41.4 Å². The summed E-state index contributed by atoms with van der Waals surface area (Å²) in [5.41, 5.74) is -2.88. The summed E-state index contributed by atoms with van der Waals surface area (Å²) < 4.78 is 61.2. The smallest absolute Gasteiger partial charge is 0.417 e. The van der Waals surface area contributed by atoms with Crippen molar-refractivity contribution in [3.05, 3.63) is 11.6 Å². The molecular formula is C10H11F5O2. The van der Waals surface area contributed by atoms with Crippen LogP contribution in [-0.2, 0) is 4.79 Å². The van der Waals surface area contributed by atoms with E-state index in [0.29, 0.717) is 6.08 Å². The van der Waals surface area contributed by atoms with Crippen molar-refractivity contribution >= 4 is 5.97 Å². The zero-order valence-corrected chi connectivity index (χ0v) is 9.05. The minimum atomic E-state index is -5.13. The molecule has 0 aliphatic heterocycles. The first-order valence-electron chi connectivity index (χ1n) is 4.79. The molecule has 1 rings (SSSR count). The minimum absolute atomic E-state index is 0.351. The Labute approximate surface area is 94.1 Å². The van der Waals surface area contributed by atoms with Gasteiger partial charge in [0, 0.05) is 0 Å². The largest absolute Gasteiger partial charge is 0.481 e. The van der Waals surface area contributed by atoms with Crippen LogP contribution in [0.1, 0.15) is 13.8 Å². The van der Waals surface area contributed by atoms with Crippen molar-refractivity contribution < 1.29 is 31.9 Å². The lowest BCUT2D eigenvalue weighted by Crippen LogP contribution is -2.19. The molecule has 7 heteroatoms. The molecule has 1 aliphatic carbocycles. The summed E-state index contributed by atoms with van der Waals surface area (Å²) in [7, 11) is 0. The van der Waals surface area contributed by atoms with Gasteiger partial charge in [-0.15, -0.1) is 0 Å². The Balaban J connectivity index is 2.99. The van der Waals surface area contributed by atoms with Crippen LogP contribution in [-0.4, -0.2) is 23.7 Å². The number of carbonyl (C=O) groups is 1. The van der Waals surface area contributed by atoms with E-state index in [4.69, 9.17) is 5.11 Å². The SMILES string of the molecule is CC1(C)C(/C=C(/C(F)F)C(F)(F)F)C1C(=O)O. The summed E-state index contributed by atoms with van der Waals surface area (Å²) in [6.07, 6.45) is -8.43. The molecule has 0 aromatic heterocycles. The summed E-state index contributed by atoms with van der Waals surface area (Å²) in [5, 5.41) is 8.72. The monoisotopic (exact) mass is 258 g/mol. The summed E-state index contributed by atoms with van der Waals surface area (Å²) in [4.78, 5) is 10.7. The van der Waals surface area contributed by atoms with E-state index in [1.54, 1.807) is 0 Å². The first kappa shape index (κ1) is 13.9. The Morgan fingerprint density at radius 1 is 1.35 bits per heavy atom. The molecule has 2 atom stereocenters. The second-order valence-electron chi connectivity index (χ2n) is 4.58. The van der Waals surface area contributed by atoms with Crippen LogP contribution in [0.2, 0.25) is 0 Å². The predicted octanol–water partition coefficient (Wildman–Crippen LogP) is 3.10. The van der Waals surface area contributed by atoms with Crippen LogP contribution in [0.4, 0.5) is 22.0 Å². The summed E-state index contributed by atoms with van der Waals surface area (Å²) in [5.74, 6) is -3.32. The first-order chi connectivity index (χ1) is 7.49. The second kappa shape index (κ2) is 3.96. The van der Waals surface area contributed by atoms with E-state index in [2.05, 4.69) is 0 Å². The van der Waals surface area contributed by atoms with Gasteiger partial charge in [-0.1, -0.05) is 19.9 Å². The maximum Gasteiger partial charge on any atom is 0.417 e. The molecule has 0 aromatic carbocycles. The average Bonchev–Trinajstić information content (AvgIpc) is 2.60. The van der Waals surface area contributed by atoms with Crippen molar-refractivity contribution in [3.63, 3.8) is 0 Å². The molecule has 1 N–H and O–H groups in total. The Kier molecular flexibility index (Phi) is 3.24. The molecule has 0 spiro atoms. The lowest BCUT2D eigenvalue weighted by molar-refractivity contribution is -0.139. The maximum atomic E-state index is 12.2. The number of halogens is 5. The minimum Gasteiger partial charge on any atom is -0.481 e. The number of aliphatic carboxylic acids is 1. The van der Waals surface area contributed by atoms with Gasteiger partial charge < -0.3 is 5.11 Å². The van der Waals surface area contributed by atoms with E-state index >= 15 is 0 Å². The Morgan fingerprint density at radius 3 is 2.06 bits per heavy atom. The highest BCUT2D eigenvalue weighted by molar-refractivity contribution is 5.76. The number of alkyl halides is 5. The first-order valence-corrected chi connectivity index (χ1v) is 4.79. The Hall–Kier alpha value is -1.14. The van der Waals surface area contributed by atoms with Crippen molar-refractivity contribution in [1.82, 2.24) is 0 Å². The maximum absolute atomic E-state index is 12.2. The van der Waals surface area contributed by atoms with Crippen LogP contribution in [0, 0.1) is 17.3 Å². The van der Waals surface area contributed by atoms with Gasteiger partial charge in [-0.3, -0.25) is 4.79 Å². The van der Waals surface area contributed by atoms with Gasteiger partial charge in [0.2, 0.25) is 0 Å². The Bertz CT molecular complexity index is 356. The van der Waals surface area contributed by atoms with Gasteiger partial charge in [-0.2, -0.15) is 13.2 Å². The van der Waals surface area contributed by atoms with Gasteiger partial charge in [0.05, 0.1) is 11.5 Å². The predicted molar refractivity (Wildman–Crippen MR) is 48.5 cm³/mol. The highest BCUT2D eigenvalue weighted by Gasteiger charge is 2.62. The Morgan fingerprint density at radius 2 is 1.82 bits per heavy atom. The number of carboxylic acid groups (broad SMARTS) is 1. The van der Waals surface area contributed by atoms with Gasteiger partial charge in [0.1, 0.15) is 0 Å². The van der Waals surface area contributed by atoms with E-state index in [1.165, 1.54) is 13.8 Å². The quantitative estimate of drug-likeness (QED) is 0.624. The van der Waals surface area contributed by atoms with Gasteiger partial charge >= 0.3 is 12.1 Å². The van der Waals surface area contributed by atoms with Crippen molar-refractivity contribution in [1.29, 1.82) is 0 Å². The second-order valence-corrected chi connectivity index (χ2v) is 4.58. The highest BCUT2D eigenvalue weighted by atomic mass is 19.4. The van der Waals surface area contributed by atoms with Gasteiger partial charge in [0.15, 0.2) is 0 Å². The van der Waals surface area contributed by atoms with Crippen LogP contribution in [0.15, 0.2) is 11.6 Å². The molecule has 2 nitrogen and oxygen atoms in total. The van der Waals surface area contributed by atoms with Gasteiger partial charge in [0.25, 0.3) is 6.43 Å².